The maximum atomic E-state index is 11.8. The van der Waals surface area contributed by atoms with Crippen molar-refractivity contribution in [2.24, 2.45) is 10.9 Å². The fraction of sp³-hybridized carbons (Fsp3) is 0.500. The standard InChI is InChI=1S/C22H32N4O2S2/c1-17-13-19(6-7-21(17)30(3,27)28)15-25-22(23-2)24-14-18-8-10-26(11-9-18)16-20-5-4-12-29-20/h4-7,12-13,18H,8-11,14-16H2,1-3H3,(H2,23,24,25). The molecular formula is C22H32N4O2S2. The molecule has 1 fully saturated rings. The normalized spacial score (nSPS) is 16.6. The molecule has 2 N–H and O–H groups in total. The Hall–Kier alpha value is -1.90. The van der Waals surface area contributed by atoms with Gasteiger partial charge in [0, 0.05) is 37.8 Å². The topological polar surface area (TPSA) is 73.8 Å². The Balaban J connectivity index is 1.42. The lowest BCUT2D eigenvalue weighted by molar-refractivity contribution is 0.179. The number of piperidine rings is 1. The lowest BCUT2D eigenvalue weighted by Gasteiger charge is -2.32. The van der Waals surface area contributed by atoms with Gasteiger partial charge in [-0.05, 0) is 67.4 Å². The summed E-state index contributed by atoms with van der Waals surface area (Å²) in [6, 6.07) is 9.79. The van der Waals surface area contributed by atoms with Crippen LogP contribution in [0.1, 0.15) is 28.8 Å². The maximum absolute atomic E-state index is 11.8. The Morgan fingerprint density at radius 3 is 2.60 bits per heavy atom. The number of sulfone groups is 1. The molecule has 164 valence electrons. The van der Waals surface area contributed by atoms with Crippen molar-refractivity contribution in [2.45, 2.75) is 37.8 Å². The first-order valence-corrected chi connectivity index (χ1v) is 13.1. The number of nitrogens with zero attached hydrogens (tertiary/aromatic N) is 2. The van der Waals surface area contributed by atoms with E-state index in [1.807, 2.05) is 30.4 Å². The molecule has 1 aromatic carbocycles. The second-order valence-corrected chi connectivity index (χ2v) is 11.0. The number of aliphatic imine (C=N–C) groups is 1. The molecule has 3 rings (SSSR count). The Bertz CT molecular complexity index is 948. The third kappa shape index (κ3) is 6.55. The average Bonchev–Trinajstić information content (AvgIpc) is 3.21. The first kappa shape index (κ1) is 22.8. The zero-order chi connectivity index (χ0) is 21.6. The first-order valence-electron chi connectivity index (χ1n) is 10.3. The van der Waals surface area contributed by atoms with E-state index < -0.39 is 9.84 Å². The van der Waals surface area contributed by atoms with E-state index >= 15 is 0 Å². The van der Waals surface area contributed by atoms with Gasteiger partial charge in [-0.15, -0.1) is 11.3 Å². The number of rotatable bonds is 7. The van der Waals surface area contributed by atoms with Crippen LogP contribution in [0.2, 0.25) is 0 Å². The Labute approximate surface area is 184 Å². The van der Waals surface area contributed by atoms with Gasteiger partial charge in [0.1, 0.15) is 0 Å². The van der Waals surface area contributed by atoms with Crippen molar-refractivity contribution in [1.82, 2.24) is 15.5 Å². The van der Waals surface area contributed by atoms with Gasteiger partial charge >= 0.3 is 0 Å². The van der Waals surface area contributed by atoms with E-state index in [2.05, 4.69) is 38.0 Å². The minimum atomic E-state index is -3.19. The summed E-state index contributed by atoms with van der Waals surface area (Å²) >= 11 is 1.83. The molecule has 1 aromatic heterocycles. The van der Waals surface area contributed by atoms with Crippen LogP contribution in [0.4, 0.5) is 0 Å². The van der Waals surface area contributed by atoms with Crippen molar-refractivity contribution < 1.29 is 8.42 Å². The van der Waals surface area contributed by atoms with E-state index in [4.69, 9.17) is 0 Å². The summed E-state index contributed by atoms with van der Waals surface area (Å²) in [5, 5.41) is 8.92. The minimum Gasteiger partial charge on any atom is -0.356 e. The summed E-state index contributed by atoms with van der Waals surface area (Å²) in [4.78, 5) is 8.69. The van der Waals surface area contributed by atoms with Gasteiger partial charge in [0.2, 0.25) is 0 Å². The van der Waals surface area contributed by atoms with Crippen LogP contribution < -0.4 is 10.6 Å². The van der Waals surface area contributed by atoms with Crippen LogP contribution in [-0.2, 0) is 22.9 Å². The quantitative estimate of drug-likeness (QED) is 0.503. The molecule has 0 radical (unpaired) electrons. The predicted molar refractivity (Wildman–Crippen MR) is 125 cm³/mol. The summed E-state index contributed by atoms with van der Waals surface area (Å²) in [5.41, 5.74) is 1.80. The lowest BCUT2D eigenvalue weighted by atomic mass is 9.97. The predicted octanol–water partition coefficient (Wildman–Crippen LogP) is 3.04. The average molecular weight is 449 g/mol. The highest BCUT2D eigenvalue weighted by atomic mass is 32.2. The highest BCUT2D eigenvalue weighted by Crippen LogP contribution is 2.20. The van der Waals surface area contributed by atoms with E-state index in [1.165, 1.54) is 24.0 Å². The largest absolute Gasteiger partial charge is 0.356 e. The smallest absolute Gasteiger partial charge is 0.191 e. The molecule has 0 spiro atoms. The van der Waals surface area contributed by atoms with Crippen molar-refractivity contribution in [3.63, 3.8) is 0 Å². The third-order valence-electron chi connectivity index (χ3n) is 5.55. The SMILES string of the molecule is CN=C(NCc1ccc(S(C)(=O)=O)c(C)c1)NCC1CCN(Cc2cccs2)CC1. The zero-order valence-electron chi connectivity index (χ0n) is 18.0. The summed E-state index contributed by atoms with van der Waals surface area (Å²) < 4.78 is 23.5. The molecule has 6 nitrogen and oxygen atoms in total. The molecule has 0 unspecified atom stereocenters. The van der Waals surface area contributed by atoms with Gasteiger partial charge < -0.3 is 10.6 Å². The molecule has 2 aromatic rings. The molecule has 30 heavy (non-hydrogen) atoms. The number of hydrogen-bond acceptors (Lipinski definition) is 5. The van der Waals surface area contributed by atoms with Crippen molar-refractivity contribution in [1.29, 1.82) is 0 Å². The Morgan fingerprint density at radius 2 is 2.00 bits per heavy atom. The van der Waals surface area contributed by atoms with Gasteiger partial charge in [-0.2, -0.15) is 0 Å². The minimum absolute atomic E-state index is 0.388. The number of hydrogen-bond donors (Lipinski definition) is 2. The van der Waals surface area contributed by atoms with Crippen LogP contribution in [0.5, 0.6) is 0 Å². The van der Waals surface area contributed by atoms with Gasteiger partial charge in [-0.25, -0.2) is 8.42 Å². The third-order valence-corrected chi connectivity index (χ3v) is 7.67. The molecule has 0 saturated carbocycles. The van der Waals surface area contributed by atoms with Crippen LogP contribution in [0.15, 0.2) is 45.6 Å². The molecule has 0 amide bonds. The first-order chi connectivity index (χ1) is 14.3. The summed E-state index contributed by atoms with van der Waals surface area (Å²) in [5.74, 6) is 1.43. The van der Waals surface area contributed by atoms with Gasteiger partial charge in [-0.3, -0.25) is 9.89 Å². The second-order valence-electron chi connectivity index (χ2n) is 7.98. The monoisotopic (exact) mass is 448 g/mol. The van der Waals surface area contributed by atoms with Crippen molar-refractivity contribution >= 4 is 27.1 Å². The van der Waals surface area contributed by atoms with E-state index in [0.717, 1.165) is 43.3 Å². The summed E-state index contributed by atoms with van der Waals surface area (Å²) in [6.45, 7) is 6.70. The van der Waals surface area contributed by atoms with Gasteiger partial charge in [-0.1, -0.05) is 18.2 Å². The van der Waals surface area contributed by atoms with Crippen molar-refractivity contribution in [2.75, 3.05) is 32.9 Å². The molecular weight excluding hydrogens is 416 g/mol. The molecule has 1 aliphatic rings. The van der Waals surface area contributed by atoms with Gasteiger partial charge in [0.25, 0.3) is 0 Å². The number of thiophene rings is 1. The van der Waals surface area contributed by atoms with Crippen LogP contribution in [0, 0.1) is 12.8 Å². The van der Waals surface area contributed by atoms with Crippen LogP contribution in [-0.4, -0.2) is 52.2 Å². The fourth-order valence-corrected chi connectivity index (χ4v) is 5.56. The molecule has 8 heteroatoms. The zero-order valence-corrected chi connectivity index (χ0v) is 19.7. The lowest BCUT2D eigenvalue weighted by Crippen LogP contribution is -2.42. The highest BCUT2D eigenvalue weighted by molar-refractivity contribution is 7.90. The molecule has 1 saturated heterocycles. The van der Waals surface area contributed by atoms with E-state index in [-0.39, 0.29) is 0 Å². The number of likely N-dealkylation sites (tertiary alicyclic amines) is 1. The van der Waals surface area contributed by atoms with E-state index in [0.29, 0.717) is 17.4 Å². The number of benzene rings is 1. The molecule has 1 aliphatic heterocycles. The van der Waals surface area contributed by atoms with Crippen LogP contribution in [0.3, 0.4) is 0 Å². The Kier molecular flexibility index (Phi) is 7.91. The van der Waals surface area contributed by atoms with E-state index in [9.17, 15) is 8.42 Å². The number of aryl methyl sites for hydroxylation is 1. The molecule has 0 bridgehead atoms. The van der Waals surface area contributed by atoms with Crippen molar-refractivity contribution in [3.05, 3.63) is 51.7 Å². The van der Waals surface area contributed by atoms with Gasteiger partial charge in [0.15, 0.2) is 15.8 Å². The molecule has 0 aliphatic carbocycles. The number of nitrogens with one attached hydrogen (secondary N) is 2. The van der Waals surface area contributed by atoms with Gasteiger partial charge in [0.05, 0.1) is 4.90 Å². The summed E-state index contributed by atoms with van der Waals surface area (Å²) in [7, 11) is -1.41. The summed E-state index contributed by atoms with van der Waals surface area (Å²) in [6.07, 6.45) is 3.63. The highest BCUT2D eigenvalue weighted by Gasteiger charge is 2.19. The van der Waals surface area contributed by atoms with Crippen molar-refractivity contribution in [3.8, 4) is 0 Å². The Morgan fingerprint density at radius 1 is 1.23 bits per heavy atom. The molecule has 2 heterocycles. The van der Waals surface area contributed by atoms with Crippen LogP contribution >= 0.6 is 11.3 Å². The van der Waals surface area contributed by atoms with Crippen LogP contribution in [0.25, 0.3) is 0 Å². The number of guanidine groups is 1. The van der Waals surface area contributed by atoms with E-state index in [1.54, 1.807) is 13.1 Å². The molecule has 0 atom stereocenters. The maximum Gasteiger partial charge on any atom is 0.191 e. The second kappa shape index (κ2) is 10.4. The fourth-order valence-electron chi connectivity index (χ4n) is 3.86.